The van der Waals surface area contributed by atoms with Crippen LogP contribution < -0.4 is 4.74 Å². The molecular weight excluding hydrogens is 339 g/mol. The van der Waals surface area contributed by atoms with Crippen molar-refractivity contribution in [1.82, 2.24) is 4.31 Å². The molecule has 1 aliphatic rings. The lowest BCUT2D eigenvalue weighted by Gasteiger charge is -2.24. The third-order valence-electron chi connectivity index (χ3n) is 3.25. The van der Waals surface area contributed by atoms with Gasteiger partial charge in [0, 0.05) is 12.3 Å². The Balaban J connectivity index is 2.15. The lowest BCUT2D eigenvalue weighted by Crippen LogP contribution is -2.34. The van der Waals surface area contributed by atoms with E-state index in [1.807, 2.05) is 0 Å². The third-order valence-corrected chi connectivity index (χ3v) is 6.47. The second kappa shape index (κ2) is 6.67. The second-order valence-electron chi connectivity index (χ2n) is 4.79. The van der Waals surface area contributed by atoms with Crippen LogP contribution in [-0.2, 0) is 10.0 Å². The fourth-order valence-corrected chi connectivity index (χ4v) is 5.48. The monoisotopic (exact) mass is 355 g/mol. The van der Waals surface area contributed by atoms with Gasteiger partial charge in [-0.15, -0.1) is 11.8 Å². The van der Waals surface area contributed by atoms with Gasteiger partial charge in [0.2, 0.25) is 10.0 Å². The predicted molar refractivity (Wildman–Crippen MR) is 79.4 cm³/mol. The summed E-state index contributed by atoms with van der Waals surface area (Å²) in [6.45, 7) is 0.224. The number of rotatable bonds is 5. The summed E-state index contributed by atoms with van der Waals surface area (Å²) in [6, 6.07) is 6.87. The van der Waals surface area contributed by atoms with E-state index in [9.17, 15) is 21.6 Å². The first kappa shape index (κ1) is 17.4. The topological polar surface area (TPSA) is 46.6 Å². The van der Waals surface area contributed by atoms with Crippen LogP contribution in [0.4, 0.5) is 13.2 Å². The molecule has 1 saturated heterocycles. The van der Waals surface area contributed by atoms with Gasteiger partial charge in [0.05, 0.1) is 24.7 Å². The number of alkyl halides is 3. The van der Waals surface area contributed by atoms with Crippen LogP contribution in [0.2, 0.25) is 0 Å². The molecule has 1 heterocycles. The van der Waals surface area contributed by atoms with E-state index in [1.54, 1.807) is 24.3 Å². The van der Waals surface area contributed by atoms with Gasteiger partial charge in [0.25, 0.3) is 0 Å². The summed E-state index contributed by atoms with van der Waals surface area (Å²) in [7, 11) is -2.42. The highest BCUT2D eigenvalue weighted by Gasteiger charge is 2.38. The minimum Gasteiger partial charge on any atom is -0.497 e. The highest BCUT2D eigenvalue weighted by Crippen LogP contribution is 2.40. The number of methoxy groups -OCH3 is 1. The quantitative estimate of drug-likeness (QED) is 0.815. The zero-order valence-electron chi connectivity index (χ0n) is 11.8. The van der Waals surface area contributed by atoms with Gasteiger partial charge in [-0.1, -0.05) is 12.1 Å². The summed E-state index contributed by atoms with van der Waals surface area (Å²) in [6.07, 6.45) is -5.80. The zero-order valence-corrected chi connectivity index (χ0v) is 13.5. The molecule has 1 aromatic rings. The van der Waals surface area contributed by atoms with E-state index in [4.69, 9.17) is 4.74 Å². The average Bonchev–Trinajstić information content (AvgIpc) is 2.95. The van der Waals surface area contributed by atoms with Gasteiger partial charge in [-0.25, -0.2) is 8.42 Å². The van der Waals surface area contributed by atoms with Gasteiger partial charge in [-0.2, -0.15) is 17.5 Å². The number of nitrogens with zero attached hydrogens (tertiary/aromatic N) is 1. The van der Waals surface area contributed by atoms with Crippen molar-refractivity contribution in [2.45, 2.75) is 18.0 Å². The Morgan fingerprint density at radius 1 is 1.32 bits per heavy atom. The molecule has 0 N–H and O–H groups in total. The molecule has 0 aliphatic carbocycles. The first-order chi connectivity index (χ1) is 10.2. The maximum absolute atomic E-state index is 12.3. The molecule has 9 heteroatoms. The van der Waals surface area contributed by atoms with Crippen LogP contribution in [0.5, 0.6) is 5.75 Å². The smallest absolute Gasteiger partial charge is 0.390 e. The van der Waals surface area contributed by atoms with E-state index in [0.717, 1.165) is 9.87 Å². The van der Waals surface area contributed by atoms with Gasteiger partial charge >= 0.3 is 6.18 Å². The Morgan fingerprint density at radius 2 is 1.95 bits per heavy atom. The molecule has 0 bridgehead atoms. The molecule has 0 spiro atoms. The summed E-state index contributed by atoms with van der Waals surface area (Å²) in [5, 5.41) is -0.482. The third kappa shape index (κ3) is 4.30. The standard InChI is InChI=1S/C13H16F3NO3S2/c1-20-11-4-2-10(3-5-11)12-17(7-8-21-12)22(18,19)9-6-13(14,15)16/h2-5,12H,6-9H2,1H3. The minimum absolute atomic E-state index is 0.224. The van der Waals surface area contributed by atoms with Crippen LogP contribution in [0.1, 0.15) is 17.4 Å². The van der Waals surface area contributed by atoms with Crippen LogP contribution in [0.3, 0.4) is 0 Å². The van der Waals surface area contributed by atoms with Crippen LogP contribution in [-0.4, -0.2) is 44.1 Å². The van der Waals surface area contributed by atoms with Crippen molar-refractivity contribution >= 4 is 21.8 Å². The van der Waals surface area contributed by atoms with Crippen LogP contribution in [0, 0.1) is 0 Å². The SMILES string of the molecule is COc1ccc(C2SCCN2S(=O)(=O)CCC(F)(F)F)cc1. The van der Waals surface area contributed by atoms with Crippen molar-refractivity contribution in [2.75, 3.05) is 25.2 Å². The molecule has 0 aromatic heterocycles. The minimum atomic E-state index is -4.48. The van der Waals surface area contributed by atoms with Gasteiger partial charge in [0.1, 0.15) is 5.75 Å². The molecular formula is C13H16F3NO3S2. The molecule has 124 valence electrons. The lowest BCUT2D eigenvalue weighted by molar-refractivity contribution is -0.130. The molecule has 1 aromatic carbocycles. The lowest BCUT2D eigenvalue weighted by atomic mass is 10.2. The fourth-order valence-electron chi connectivity index (χ4n) is 2.13. The Labute approximate surface area is 131 Å². The summed E-state index contributed by atoms with van der Waals surface area (Å²) >= 11 is 1.40. The van der Waals surface area contributed by atoms with Gasteiger partial charge in [0.15, 0.2) is 0 Å². The molecule has 4 nitrogen and oxygen atoms in total. The Bertz CT molecular complexity index is 602. The average molecular weight is 355 g/mol. The van der Waals surface area contributed by atoms with Crippen molar-refractivity contribution in [3.8, 4) is 5.75 Å². The van der Waals surface area contributed by atoms with Crippen molar-refractivity contribution in [2.24, 2.45) is 0 Å². The highest BCUT2D eigenvalue weighted by atomic mass is 32.2. The number of hydrogen-bond acceptors (Lipinski definition) is 4. The second-order valence-corrected chi connectivity index (χ2v) is 8.02. The number of halogens is 3. The summed E-state index contributed by atoms with van der Waals surface area (Å²) in [4.78, 5) is 0. The van der Waals surface area contributed by atoms with Crippen molar-refractivity contribution in [1.29, 1.82) is 0 Å². The van der Waals surface area contributed by atoms with E-state index in [0.29, 0.717) is 11.5 Å². The normalized spacial score (nSPS) is 20.3. The fraction of sp³-hybridized carbons (Fsp3) is 0.538. The van der Waals surface area contributed by atoms with Crippen molar-refractivity contribution < 1.29 is 26.3 Å². The molecule has 0 saturated carbocycles. The molecule has 22 heavy (non-hydrogen) atoms. The number of ether oxygens (including phenoxy) is 1. The van der Waals surface area contributed by atoms with E-state index < -0.39 is 33.7 Å². The van der Waals surface area contributed by atoms with Gasteiger partial charge in [-0.05, 0) is 17.7 Å². The van der Waals surface area contributed by atoms with Crippen molar-refractivity contribution in [3.63, 3.8) is 0 Å². The van der Waals surface area contributed by atoms with E-state index >= 15 is 0 Å². The van der Waals surface area contributed by atoms with Crippen LogP contribution in [0.15, 0.2) is 24.3 Å². The van der Waals surface area contributed by atoms with Crippen molar-refractivity contribution in [3.05, 3.63) is 29.8 Å². The van der Waals surface area contributed by atoms with E-state index in [2.05, 4.69) is 0 Å². The number of benzene rings is 1. The highest BCUT2D eigenvalue weighted by molar-refractivity contribution is 8.00. The van der Waals surface area contributed by atoms with E-state index in [-0.39, 0.29) is 6.54 Å². The van der Waals surface area contributed by atoms with Crippen LogP contribution in [0.25, 0.3) is 0 Å². The maximum Gasteiger partial charge on any atom is 0.390 e. The van der Waals surface area contributed by atoms with Crippen LogP contribution >= 0.6 is 11.8 Å². The van der Waals surface area contributed by atoms with Gasteiger partial charge < -0.3 is 4.74 Å². The summed E-state index contributed by atoms with van der Waals surface area (Å²) in [5.74, 6) is 0.282. The molecule has 1 atom stereocenters. The molecule has 1 aliphatic heterocycles. The summed E-state index contributed by atoms with van der Waals surface area (Å²) in [5.41, 5.74) is 0.735. The van der Waals surface area contributed by atoms with Gasteiger partial charge in [-0.3, -0.25) is 0 Å². The largest absolute Gasteiger partial charge is 0.497 e. The molecule has 0 amide bonds. The Kier molecular flexibility index (Phi) is 5.29. The Morgan fingerprint density at radius 3 is 2.50 bits per heavy atom. The molecule has 1 unspecified atom stereocenters. The zero-order chi connectivity index (χ0) is 16.4. The summed E-state index contributed by atoms with van der Waals surface area (Å²) < 4.78 is 67.4. The molecule has 0 radical (unpaired) electrons. The predicted octanol–water partition coefficient (Wildman–Crippen LogP) is 3.02. The van der Waals surface area contributed by atoms with E-state index in [1.165, 1.54) is 18.9 Å². The first-order valence-electron chi connectivity index (χ1n) is 6.55. The number of hydrogen-bond donors (Lipinski definition) is 0. The number of sulfonamides is 1. The maximum atomic E-state index is 12.3. The molecule has 2 rings (SSSR count). The molecule has 1 fully saturated rings. The Hall–Kier alpha value is -0.930. The first-order valence-corrected chi connectivity index (χ1v) is 9.20. The number of thioether (sulfide) groups is 1.